The minimum atomic E-state index is 0. The molecule has 108 valence electrons. The summed E-state index contributed by atoms with van der Waals surface area (Å²) in [7, 11) is 1.99. The molecule has 0 aromatic heterocycles. The van der Waals surface area contributed by atoms with Crippen molar-refractivity contribution >= 4 is 0 Å². The van der Waals surface area contributed by atoms with E-state index in [-0.39, 0.29) is 13.5 Å². The standard InChI is InChI=1S/C14H15N.C2H6.C2H2.CH4/c1-15-14(12-8-4-2-5-9-12)13-10-6-3-7-11-13;2*1-2;/h2-11,14-15H,1H3;1-2H3;1-2H;1H4. The molecule has 0 unspecified atom stereocenters. The molecular formula is C19H27N. The van der Waals surface area contributed by atoms with Crippen molar-refractivity contribution in [2.24, 2.45) is 0 Å². The van der Waals surface area contributed by atoms with Gasteiger partial charge in [-0.1, -0.05) is 81.9 Å². The Labute approximate surface area is 125 Å². The highest BCUT2D eigenvalue weighted by Crippen LogP contribution is 2.20. The van der Waals surface area contributed by atoms with Crippen LogP contribution in [0.1, 0.15) is 38.4 Å². The van der Waals surface area contributed by atoms with Crippen LogP contribution in [0.4, 0.5) is 0 Å². The molecule has 2 aromatic rings. The van der Waals surface area contributed by atoms with Crippen LogP contribution in [0.15, 0.2) is 60.7 Å². The summed E-state index contributed by atoms with van der Waals surface area (Å²) < 4.78 is 0. The Kier molecular flexibility index (Phi) is 13.6. The van der Waals surface area contributed by atoms with Crippen LogP contribution in [0.25, 0.3) is 0 Å². The zero-order valence-corrected chi connectivity index (χ0v) is 12.0. The second-order valence-corrected chi connectivity index (χ2v) is 3.54. The van der Waals surface area contributed by atoms with Gasteiger partial charge in [0, 0.05) is 0 Å². The van der Waals surface area contributed by atoms with Crippen LogP contribution in [-0.2, 0) is 0 Å². The SMILES string of the molecule is C.C#C.CC.CNC(c1ccccc1)c1ccccc1. The minimum Gasteiger partial charge on any atom is -0.309 e. The molecular weight excluding hydrogens is 242 g/mol. The van der Waals surface area contributed by atoms with E-state index in [9.17, 15) is 0 Å². The largest absolute Gasteiger partial charge is 0.309 e. The van der Waals surface area contributed by atoms with E-state index in [0.29, 0.717) is 0 Å². The van der Waals surface area contributed by atoms with Crippen LogP contribution in [-0.4, -0.2) is 7.05 Å². The number of hydrogen-bond acceptors (Lipinski definition) is 1. The Hall–Kier alpha value is -2.04. The molecule has 0 saturated heterocycles. The molecule has 0 spiro atoms. The fourth-order valence-corrected chi connectivity index (χ4v) is 1.82. The lowest BCUT2D eigenvalue weighted by Crippen LogP contribution is -2.17. The van der Waals surface area contributed by atoms with Gasteiger partial charge in [-0.25, -0.2) is 0 Å². The molecule has 1 N–H and O–H groups in total. The normalized spacial score (nSPS) is 8.30. The van der Waals surface area contributed by atoms with Crippen molar-refractivity contribution in [3.63, 3.8) is 0 Å². The zero-order chi connectivity index (χ0) is 14.5. The number of benzene rings is 2. The molecule has 0 aliphatic heterocycles. The van der Waals surface area contributed by atoms with Crippen molar-refractivity contribution in [3.05, 3.63) is 71.8 Å². The molecule has 0 saturated carbocycles. The van der Waals surface area contributed by atoms with E-state index in [0.717, 1.165) is 0 Å². The second-order valence-electron chi connectivity index (χ2n) is 3.54. The molecule has 0 bridgehead atoms. The van der Waals surface area contributed by atoms with Gasteiger partial charge in [0.25, 0.3) is 0 Å². The Morgan fingerprint density at radius 3 is 1.30 bits per heavy atom. The maximum atomic E-state index is 4.00. The van der Waals surface area contributed by atoms with Gasteiger partial charge in [-0.2, -0.15) is 0 Å². The second kappa shape index (κ2) is 13.4. The third-order valence-electron chi connectivity index (χ3n) is 2.55. The molecule has 0 aliphatic carbocycles. The van der Waals surface area contributed by atoms with Gasteiger partial charge >= 0.3 is 0 Å². The van der Waals surface area contributed by atoms with Gasteiger partial charge in [0.1, 0.15) is 0 Å². The summed E-state index contributed by atoms with van der Waals surface area (Å²) in [6.45, 7) is 4.00. The molecule has 1 nitrogen and oxygen atoms in total. The van der Waals surface area contributed by atoms with Crippen LogP contribution in [0.2, 0.25) is 0 Å². The van der Waals surface area contributed by atoms with Gasteiger partial charge in [-0.15, -0.1) is 12.8 Å². The summed E-state index contributed by atoms with van der Waals surface area (Å²) in [6, 6.07) is 21.2. The van der Waals surface area contributed by atoms with Gasteiger partial charge in [-0.05, 0) is 18.2 Å². The quantitative estimate of drug-likeness (QED) is 0.781. The first-order valence-electron chi connectivity index (χ1n) is 6.52. The van der Waals surface area contributed by atoms with Gasteiger partial charge in [0.2, 0.25) is 0 Å². The monoisotopic (exact) mass is 269 g/mol. The lowest BCUT2D eigenvalue weighted by atomic mass is 9.99. The number of rotatable bonds is 3. The molecule has 0 heterocycles. The molecule has 0 fully saturated rings. The summed E-state index contributed by atoms with van der Waals surface area (Å²) >= 11 is 0. The molecule has 0 amide bonds. The molecule has 0 aliphatic rings. The summed E-state index contributed by atoms with van der Waals surface area (Å²) in [5, 5.41) is 3.33. The minimum absolute atomic E-state index is 0. The third kappa shape index (κ3) is 6.22. The fourth-order valence-electron chi connectivity index (χ4n) is 1.82. The Balaban J connectivity index is 0. The van der Waals surface area contributed by atoms with Crippen molar-refractivity contribution in [2.75, 3.05) is 7.05 Å². The number of nitrogens with one attached hydrogen (secondary N) is 1. The molecule has 2 aromatic carbocycles. The van der Waals surface area contributed by atoms with Gasteiger partial charge in [-0.3, -0.25) is 0 Å². The van der Waals surface area contributed by atoms with Crippen LogP contribution in [0.5, 0.6) is 0 Å². The topological polar surface area (TPSA) is 12.0 Å². The molecule has 2 rings (SSSR count). The van der Waals surface area contributed by atoms with Crippen LogP contribution >= 0.6 is 0 Å². The van der Waals surface area contributed by atoms with E-state index >= 15 is 0 Å². The first-order valence-corrected chi connectivity index (χ1v) is 6.52. The summed E-state index contributed by atoms with van der Waals surface area (Å²) in [4.78, 5) is 0. The van der Waals surface area contributed by atoms with Gasteiger partial charge in [0.15, 0.2) is 0 Å². The van der Waals surface area contributed by atoms with Crippen LogP contribution in [0, 0.1) is 12.8 Å². The average Bonchev–Trinajstić information content (AvgIpc) is 2.54. The summed E-state index contributed by atoms with van der Waals surface area (Å²) in [5.41, 5.74) is 2.59. The predicted molar refractivity (Wildman–Crippen MR) is 91.8 cm³/mol. The highest BCUT2D eigenvalue weighted by molar-refractivity contribution is 5.31. The zero-order valence-electron chi connectivity index (χ0n) is 12.0. The van der Waals surface area contributed by atoms with Crippen molar-refractivity contribution in [1.29, 1.82) is 0 Å². The lowest BCUT2D eigenvalue weighted by molar-refractivity contribution is 0.692. The number of terminal acetylenes is 1. The molecule has 0 atom stereocenters. The Morgan fingerprint density at radius 1 is 0.750 bits per heavy atom. The van der Waals surface area contributed by atoms with E-state index in [1.165, 1.54) is 11.1 Å². The highest BCUT2D eigenvalue weighted by atomic mass is 14.9. The first kappa shape index (κ1) is 20.3. The predicted octanol–water partition coefficient (Wildman–Crippen LogP) is 4.91. The molecule has 0 radical (unpaired) electrons. The van der Waals surface area contributed by atoms with E-state index < -0.39 is 0 Å². The highest BCUT2D eigenvalue weighted by Gasteiger charge is 2.09. The average molecular weight is 269 g/mol. The molecule has 20 heavy (non-hydrogen) atoms. The Morgan fingerprint density at radius 2 is 1.05 bits per heavy atom. The molecule has 1 heteroatoms. The Bertz CT molecular complexity index is 392. The maximum Gasteiger partial charge on any atom is 0.0574 e. The van der Waals surface area contributed by atoms with E-state index in [1.807, 2.05) is 33.0 Å². The van der Waals surface area contributed by atoms with Crippen molar-refractivity contribution in [2.45, 2.75) is 27.3 Å². The third-order valence-corrected chi connectivity index (χ3v) is 2.55. The smallest absolute Gasteiger partial charge is 0.0574 e. The van der Waals surface area contributed by atoms with Gasteiger partial charge in [0.05, 0.1) is 6.04 Å². The van der Waals surface area contributed by atoms with E-state index in [1.54, 1.807) is 0 Å². The lowest BCUT2D eigenvalue weighted by Gasteiger charge is -2.16. The van der Waals surface area contributed by atoms with Crippen molar-refractivity contribution < 1.29 is 0 Å². The van der Waals surface area contributed by atoms with Crippen LogP contribution in [0.3, 0.4) is 0 Å². The van der Waals surface area contributed by atoms with E-state index in [4.69, 9.17) is 0 Å². The van der Waals surface area contributed by atoms with Gasteiger partial charge < -0.3 is 5.32 Å². The van der Waals surface area contributed by atoms with Crippen molar-refractivity contribution in [1.82, 2.24) is 5.32 Å². The summed E-state index contributed by atoms with van der Waals surface area (Å²) in [6.07, 6.45) is 8.00. The van der Waals surface area contributed by atoms with Crippen LogP contribution < -0.4 is 5.32 Å². The number of hydrogen-bond donors (Lipinski definition) is 1. The van der Waals surface area contributed by atoms with E-state index in [2.05, 4.69) is 66.7 Å². The summed E-state index contributed by atoms with van der Waals surface area (Å²) in [5.74, 6) is 0. The van der Waals surface area contributed by atoms with Crippen molar-refractivity contribution in [3.8, 4) is 12.8 Å². The first-order chi connectivity index (χ1) is 9.42. The maximum absolute atomic E-state index is 4.00. The fraction of sp³-hybridized carbons (Fsp3) is 0.263.